The van der Waals surface area contributed by atoms with Crippen molar-refractivity contribution in [2.75, 3.05) is 6.61 Å². The highest BCUT2D eigenvalue weighted by Crippen LogP contribution is 2.44. The molecule has 1 saturated carbocycles. The summed E-state index contributed by atoms with van der Waals surface area (Å²) in [4.78, 5) is 36.1. The molecule has 0 spiro atoms. The Labute approximate surface area is 199 Å². The van der Waals surface area contributed by atoms with E-state index in [1.807, 2.05) is 24.3 Å². The number of hydrogen-bond donors (Lipinski definition) is 3. The molecule has 180 valence electrons. The van der Waals surface area contributed by atoms with Crippen molar-refractivity contribution in [1.29, 1.82) is 0 Å². The number of carboxylic acid groups (broad SMARTS) is 1. The molecule has 0 aromatic heterocycles. The standard InChI is InChI=1S/C27H32N2O5/c1-18(25(31)32)28-24(30)13-16-27(14-7-2-8-15-27)29-26(33)34-17-23-21-11-5-3-9-19(21)20-10-4-6-12-22(20)23/h3-6,9-12,18,23H,2,7-8,13-17H2,1H3,(H,28,30)(H,29,33)(H,31,32). The zero-order chi connectivity index (χ0) is 24.1. The van der Waals surface area contributed by atoms with E-state index in [1.54, 1.807) is 0 Å². The lowest BCUT2D eigenvalue weighted by Crippen LogP contribution is -2.51. The number of nitrogens with one attached hydrogen (secondary N) is 2. The monoisotopic (exact) mass is 464 g/mol. The quantitative estimate of drug-likeness (QED) is 0.530. The zero-order valence-electron chi connectivity index (χ0n) is 19.5. The number of aliphatic carboxylic acids is 1. The van der Waals surface area contributed by atoms with Crippen LogP contribution in [0.2, 0.25) is 0 Å². The fourth-order valence-electron chi connectivity index (χ4n) is 5.25. The summed E-state index contributed by atoms with van der Waals surface area (Å²) in [6, 6.07) is 15.5. The summed E-state index contributed by atoms with van der Waals surface area (Å²) in [7, 11) is 0. The third-order valence-corrected chi connectivity index (χ3v) is 7.10. The normalized spacial score (nSPS) is 17.2. The lowest BCUT2D eigenvalue weighted by Gasteiger charge is -2.38. The van der Waals surface area contributed by atoms with E-state index >= 15 is 0 Å². The first-order valence-corrected chi connectivity index (χ1v) is 12.0. The van der Waals surface area contributed by atoms with E-state index in [1.165, 1.54) is 18.1 Å². The Hall–Kier alpha value is -3.35. The third kappa shape index (κ3) is 5.24. The van der Waals surface area contributed by atoms with Gasteiger partial charge in [-0.05, 0) is 48.4 Å². The van der Waals surface area contributed by atoms with Gasteiger partial charge in [-0.15, -0.1) is 0 Å². The lowest BCUT2D eigenvalue weighted by molar-refractivity contribution is -0.141. The highest BCUT2D eigenvalue weighted by Gasteiger charge is 2.35. The predicted octanol–water partition coefficient (Wildman–Crippen LogP) is 4.60. The molecule has 34 heavy (non-hydrogen) atoms. The number of hydrogen-bond acceptors (Lipinski definition) is 4. The number of alkyl carbamates (subject to hydrolysis) is 1. The van der Waals surface area contributed by atoms with Gasteiger partial charge in [0.05, 0.1) is 0 Å². The second-order valence-electron chi connectivity index (χ2n) is 9.42. The second kappa shape index (κ2) is 10.3. The molecular weight excluding hydrogens is 432 g/mol. The minimum atomic E-state index is -1.07. The summed E-state index contributed by atoms with van der Waals surface area (Å²) in [5, 5.41) is 14.6. The number of fused-ring (bicyclic) bond motifs is 3. The van der Waals surface area contributed by atoms with Crippen LogP contribution >= 0.6 is 0 Å². The first-order chi connectivity index (χ1) is 16.4. The minimum Gasteiger partial charge on any atom is -0.480 e. The Balaban J connectivity index is 1.38. The van der Waals surface area contributed by atoms with Gasteiger partial charge in [0.1, 0.15) is 12.6 Å². The average Bonchev–Trinajstić information content (AvgIpc) is 3.16. The zero-order valence-corrected chi connectivity index (χ0v) is 19.5. The molecule has 0 heterocycles. The number of ether oxygens (including phenoxy) is 1. The average molecular weight is 465 g/mol. The van der Waals surface area contributed by atoms with Crippen molar-refractivity contribution in [3.05, 3.63) is 59.7 Å². The summed E-state index contributed by atoms with van der Waals surface area (Å²) < 4.78 is 5.74. The van der Waals surface area contributed by atoms with Crippen molar-refractivity contribution in [2.24, 2.45) is 0 Å². The highest BCUT2D eigenvalue weighted by atomic mass is 16.5. The molecular formula is C27H32N2O5. The van der Waals surface area contributed by atoms with Crippen LogP contribution in [-0.4, -0.2) is 41.3 Å². The predicted molar refractivity (Wildman–Crippen MR) is 128 cm³/mol. The van der Waals surface area contributed by atoms with Crippen LogP contribution in [0.25, 0.3) is 11.1 Å². The Morgan fingerprint density at radius 1 is 1.00 bits per heavy atom. The maximum absolute atomic E-state index is 12.9. The van der Waals surface area contributed by atoms with Crippen LogP contribution in [0.4, 0.5) is 4.79 Å². The summed E-state index contributed by atoms with van der Waals surface area (Å²) in [5.41, 5.74) is 4.17. The fourth-order valence-corrected chi connectivity index (χ4v) is 5.25. The summed E-state index contributed by atoms with van der Waals surface area (Å²) in [6.07, 6.45) is 4.72. The smallest absolute Gasteiger partial charge is 0.407 e. The number of carbonyl (C=O) groups is 3. The number of carboxylic acids is 1. The summed E-state index contributed by atoms with van der Waals surface area (Å²) in [5.74, 6) is -1.41. The molecule has 2 aliphatic carbocycles. The molecule has 2 amide bonds. The third-order valence-electron chi connectivity index (χ3n) is 7.10. The molecule has 0 aliphatic heterocycles. The van der Waals surface area contributed by atoms with Gasteiger partial charge in [0.25, 0.3) is 0 Å². The van der Waals surface area contributed by atoms with Gasteiger partial charge in [-0.3, -0.25) is 9.59 Å². The number of benzene rings is 2. The molecule has 0 saturated heterocycles. The van der Waals surface area contributed by atoms with Gasteiger partial charge < -0.3 is 20.5 Å². The molecule has 3 N–H and O–H groups in total. The van der Waals surface area contributed by atoms with Crippen LogP contribution in [0, 0.1) is 0 Å². The summed E-state index contributed by atoms with van der Waals surface area (Å²) >= 11 is 0. The van der Waals surface area contributed by atoms with Gasteiger partial charge in [0, 0.05) is 17.9 Å². The molecule has 1 fully saturated rings. The van der Waals surface area contributed by atoms with Crippen molar-refractivity contribution in [3.8, 4) is 11.1 Å². The van der Waals surface area contributed by atoms with Crippen LogP contribution in [-0.2, 0) is 14.3 Å². The van der Waals surface area contributed by atoms with E-state index in [9.17, 15) is 14.4 Å². The maximum atomic E-state index is 12.9. The minimum absolute atomic E-state index is 0.0104. The van der Waals surface area contributed by atoms with Crippen molar-refractivity contribution in [1.82, 2.24) is 10.6 Å². The maximum Gasteiger partial charge on any atom is 0.407 e. The number of rotatable bonds is 8. The van der Waals surface area contributed by atoms with E-state index in [4.69, 9.17) is 9.84 Å². The van der Waals surface area contributed by atoms with E-state index in [0.717, 1.165) is 43.2 Å². The largest absolute Gasteiger partial charge is 0.480 e. The summed E-state index contributed by atoms with van der Waals surface area (Å²) in [6.45, 7) is 1.68. The molecule has 0 bridgehead atoms. The molecule has 7 heteroatoms. The van der Waals surface area contributed by atoms with Crippen molar-refractivity contribution >= 4 is 18.0 Å². The number of carbonyl (C=O) groups excluding carboxylic acids is 2. The van der Waals surface area contributed by atoms with Gasteiger partial charge in [0.2, 0.25) is 5.91 Å². The molecule has 1 atom stereocenters. The second-order valence-corrected chi connectivity index (χ2v) is 9.42. The van der Waals surface area contributed by atoms with Crippen LogP contribution in [0.1, 0.15) is 68.9 Å². The van der Waals surface area contributed by atoms with Crippen LogP contribution < -0.4 is 10.6 Å². The topological polar surface area (TPSA) is 105 Å². The molecule has 2 aromatic rings. The SMILES string of the molecule is CC(NC(=O)CCC1(NC(=O)OCC2c3ccccc3-c3ccccc32)CCCCC1)C(=O)O. The molecule has 2 aliphatic rings. The molecule has 7 nitrogen and oxygen atoms in total. The molecule has 4 rings (SSSR count). The lowest BCUT2D eigenvalue weighted by atomic mass is 9.78. The molecule has 1 unspecified atom stereocenters. The Bertz CT molecular complexity index is 1010. The molecule has 2 aromatic carbocycles. The first kappa shape index (κ1) is 23.8. The van der Waals surface area contributed by atoms with Gasteiger partial charge in [-0.1, -0.05) is 67.8 Å². The van der Waals surface area contributed by atoms with Gasteiger partial charge in [-0.25, -0.2) is 4.79 Å². The van der Waals surface area contributed by atoms with E-state index in [0.29, 0.717) is 6.42 Å². The van der Waals surface area contributed by atoms with Gasteiger partial charge >= 0.3 is 12.1 Å². The first-order valence-electron chi connectivity index (χ1n) is 12.0. The molecule has 0 radical (unpaired) electrons. The van der Waals surface area contributed by atoms with Crippen molar-refractivity contribution in [2.45, 2.75) is 69.4 Å². The Morgan fingerprint density at radius 3 is 2.18 bits per heavy atom. The van der Waals surface area contributed by atoms with Gasteiger partial charge in [0.15, 0.2) is 0 Å². The van der Waals surface area contributed by atoms with E-state index < -0.39 is 23.6 Å². The van der Waals surface area contributed by atoms with Crippen LogP contribution in [0.3, 0.4) is 0 Å². The highest BCUT2D eigenvalue weighted by molar-refractivity contribution is 5.83. The Kier molecular flexibility index (Phi) is 7.20. The van der Waals surface area contributed by atoms with Crippen LogP contribution in [0.15, 0.2) is 48.5 Å². The Morgan fingerprint density at radius 2 is 1.59 bits per heavy atom. The van der Waals surface area contributed by atoms with Gasteiger partial charge in [-0.2, -0.15) is 0 Å². The number of amides is 2. The van der Waals surface area contributed by atoms with Crippen molar-refractivity contribution in [3.63, 3.8) is 0 Å². The van der Waals surface area contributed by atoms with Crippen molar-refractivity contribution < 1.29 is 24.2 Å². The van der Waals surface area contributed by atoms with Crippen LogP contribution in [0.5, 0.6) is 0 Å². The van der Waals surface area contributed by atoms with E-state index in [2.05, 4.69) is 34.9 Å². The van der Waals surface area contributed by atoms with E-state index in [-0.39, 0.29) is 24.9 Å². The fraction of sp³-hybridized carbons (Fsp3) is 0.444.